The molecule has 0 heterocycles. The Morgan fingerprint density at radius 3 is 2.05 bits per heavy atom. The highest BCUT2D eigenvalue weighted by atomic mass is 16.7. The lowest BCUT2D eigenvalue weighted by Crippen LogP contribution is -2.20. The second-order valence-electron chi connectivity index (χ2n) is 4.81. The average Bonchev–Trinajstić information content (AvgIpc) is 2.45. The number of ether oxygens (including phenoxy) is 3. The van der Waals surface area contributed by atoms with E-state index in [9.17, 15) is 4.79 Å². The van der Waals surface area contributed by atoms with E-state index in [1.807, 2.05) is 58.0 Å². The van der Waals surface area contributed by atoms with Gasteiger partial charge in [0.2, 0.25) is 0 Å². The molecule has 1 aromatic rings. The molecule has 0 aliphatic carbocycles. The van der Waals surface area contributed by atoms with Crippen LogP contribution in [0.2, 0.25) is 0 Å². The Labute approximate surface area is 128 Å². The summed E-state index contributed by atoms with van der Waals surface area (Å²) in [6.45, 7) is 11.6. The number of benzene rings is 1. The van der Waals surface area contributed by atoms with Crippen LogP contribution in [-0.2, 0) is 14.2 Å². The highest BCUT2D eigenvalue weighted by molar-refractivity contribution is 5.60. The van der Waals surface area contributed by atoms with Crippen molar-refractivity contribution in [3.05, 3.63) is 35.9 Å². The SMILES string of the molecule is CC.CC(C)OC(=O)OCC(OC(C)C)c1ccccc1. The third-order valence-electron chi connectivity index (χ3n) is 2.29. The molecule has 0 aliphatic heterocycles. The maximum Gasteiger partial charge on any atom is 0.508 e. The Kier molecular flexibility index (Phi) is 10.3. The lowest BCUT2D eigenvalue weighted by molar-refractivity contribution is -0.0467. The molecule has 0 fully saturated rings. The number of hydrogen-bond donors (Lipinski definition) is 0. The quantitative estimate of drug-likeness (QED) is 0.711. The topological polar surface area (TPSA) is 44.8 Å². The van der Waals surface area contributed by atoms with Crippen LogP contribution in [0.5, 0.6) is 0 Å². The normalized spacial score (nSPS) is 11.6. The fourth-order valence-electron chi connectivity index (χ4n) is 1.58. The molecule has 0 amide bonds. The average molecular weight is 296 g/mol. The minimum atomic E-state index is -0.664. The molecule has 0 bridgehead atoms. The lowest BCUT2D eigenvalue weighted by Gasteiger charge is -2.20. The van der Waals surface area contributed by atoms with Gasteiger partial charge in [-0.2, -0.15) is 0 Å². The molecule has 0 aliphatic rings. The van der Waals surface area contributed by atoms with Crippen LogP contribution >= 0.6 is 0 Å². The van der Waals surface area contributed by atoms with Crippen LogP contribution in [0.15, 0.2) is 30.3 Å². The largest absolute Gasteiger partial charge is 0.508 e. The van der Waals surface area contributed by atoms with Crippen molar-refractivity contribution in [1.29, 1.82) is 0 Å². The van der Waals surface area contributed by atoms with Gasteiger partial charge in [0.05, 0.1) is 12.2 Å². The van der Waals surface area contributed by atoms with Gasteiger partial charge < -0.3 is 14.2 Å². The summed E-state index contributed by atoms with van der Waals surface area (Å²) in [5, 5.41) is 0. The Bertz CT molecular complexity index is 374. The Balaban J connectivity index is 0.00000191. The zero-order chi connectivity index (χ0) is 16.3. The van der Waals surface area contributed by atoms with Crippen LogP contribution in [0.4, 0.5) is 4.79 Å². The fourth-order valence-corrected chi connectivity index (χ4v) is 1.58. The molecule has 0 aromatic heterocycles. The molecule has 1 atom stereocenters. The Morgan fingerprint density at radius 2 is 1.57 bits per heavy atom. The molecule has 0 spiro atoms. The van der Waals surface area contributed by atoms with E-state index >= 15 is 0 Å². The Morgan fingerprint density at radius 1 is 1.00 bits per heavy atom. The molecule has 120 valence electrons. The Hall–Kier alpha value is -1.55. The number of carbonyl (C=O) groups is 1. The molecule has 21 heavy (non-hydrogen) atoms. The van der Waals surface area contributed by atoms with Crippen LogP contribution in [0.3, 0.4) is 0 Å². The first-order valence-corrected chi connectivity index (χ1v) is 7.53. The molecule has 1 unspecified atom stereocenters. The van der Waals surface area contributed by atoms with Crippen molar-refractivity contribution in [3.8, 4) is 0 Å². The predicted octanol–water partition coefficient (Wildman–Crippen LogP) is 4.74. The summed E-state index contributed by atoms with van der Waals surface area (Å²) in [6, 6.07) is 9.69. The van der Waals surface area contributed by atoms with E-state index in [-0.39, 0.29) is 24.9 Å². The van der Waals surface area contributed by atoms with Crippen molar-refractivity contribution in [2.45, 2.75) is 59.9 Å². The molecule has 0 saturated carbocycles. The first-order valence-electron chi connectivity index (χ1n) is 7.53. The predicted molar refractivity (Wildman–Crippen MR) is 84.3 cm³/mol. The smallest absolute Gasteiger partial charge is 0.432 e. The summed E-state index contributed by atoms with van der Waals surface area (Å²) in [7, 11) is 0. The van der Waals surface area contributed by atoms with Crippen LogP contribution < -0.4 is 0 Å². The highest BCUT2D eigenvalue weighted by Gasteiger charge is 2.17. The van der Waals surface area contributed by atoms with Gasteiger partial charge in [-0.15, -0.1) is 0 Å². The standard InChI is InChI=1S/C15H22O4.C2H6/c1-11(2)18-14(13-8-6-5-7-9-13)10-17-15(16)19-12(3)4;1-2/h5-9,11-12,14H,10H2,1-4H3;1-2H3. The van der Waals surface area contributed by atoms with E-state index in [1.54, 1.807) is 13.8 Å². The van der Waals surface area contributed by atoms with Gasteiger partial charge in [0.25, 0.3) is 0 Å². The molecular weight excluding hydrogens is 268 g/mol. The summed E-state index contributed by atoms with van der Waals surface area (Å²) in [6.07, 6.45) is -1.08. The molecule has 1 rings (SSSR count). The minimum absolute atomic E-state index is 0.0509. The first-order chi connectivity index (χ1) is 9.99. The molecule has 0 saturated heterocycles. The third kappa shape index (κ3) is 9.08. The zero-order valence-electron chi connectivity index (χ0n) is 14.0. The van der Waals surface area contributed by atoms with E-state index in [4.69, 9.17) is 14.2 Å². The van der Waals surface area contributed by atoms with Gasteiger partial charge in [0, 0.05) is 0 Å². The monoisotopic (exact) mass is 296 g/mol. The summed E-state index contributed by atoms with van der Waals surface area (Å²) in [5.41, 5.74) is 0.980. The van der Waals surface area contributed by atoms with Crippen LogP contribution in [0, 0.1) is 0 Å². The van der Waals surface area contributed by atoms with Crippen molar-refractivity contribution in [2.24, 2.45) is 0 Å². The summed E-state index contributed by atoms with van der Waals surface area (Å²) >= 11 is 0. The molecular formula is C17H28O4. The zero-order valence-corrected chi connectivity index (χ0v) is 14.0. The van der Waals surface area contributed by atoms with Gasteiger partial charge in [-0.3, -0.25) is 0 Å². The van der Waals surface area contributed by atoms with Crippen molar-refractivity contribution in [1.82, 2.24) is 0 Å². The molecule has 4 heteroatoms. The van der Waals surface area contributed by atoms with Crippen molar-refractivity contribution < 1.29 is 19.0 Å². The minimum Gasteiger partial charge on any atom is -0.432 e. The summed E-state index contributed by atoms with van der Waals surface area (Å²) in [5.74, 6) is 0. The number of hydrogen-bond acceptors (Lipinski definition) is 4. The van der Waals surface area contributed by atoms with Crippen molar-refractivity contribution in [2.75, 3.05) is 6.61 Å². The number of carbonyl (C=O) groups excluding carboxylic acids is 1. The van der Waals surface area contributed by atoms with E-state index in [0.717, 1.165) is 5.56 Å². The van der Waals surface area contributed by atoms with Crippen LogP contribution in [0.25, 0.3) is 0 Å². The maximum atomic E-state index is 11.4. The van der Waals surface area contributed by atoms with Crippen molar-refractivity contribution >= 4 is 6.16 Å². The van der Waals surface area contributed by atoms with Gasteiger partial charge in [-0.05, 0) is 33.3 Å². The van der Waals surface area contributed by atoms with Gasteiger partial charge in [-0.1, -0.05) is 44.2 Å². The van der Waals surface area contributed by atoms with Crippen LogP contribution in [-0.4, -0.2) is 25.0 Å². The second kappa shape index (κ2) is 11.1. The van der Waals surface area contributed by atoms with E-state index in [2.05, 4.69) is 0 Å². The summed E-state index contributed by atoms with van der Waals surface area (Å²) < 4.78 is 15.8. The van der Waals surface area contributed by atoms with Crippen LogP contribution in [0.1, 0.15) is 53.2 Å². The number of rotatable bonds is 6. The van der Waals surface area contributed by atoms with Gasteiger partial charge >= 0.3 is 6.16 Å². The molecule has 0 radical (unpaired) electrons. The summed E-state index contributed by atoms with van der Waals surface area (Å²) in [4.78, 5) is 11.4. The second-order valence-corrected chi connectivity index (χ2v) is 4.81. The maximum absolute atomic E-state index is 11.4. The van der Waals surface area contributed by atoms with E-state index in [1.165, 1.54) is 0 Å². The van der Waals surface area contributed by atoms with E-state index < -0.39 is 6.16 Å². The van der Waals surface area contributed by atoms with Gasteiger partial charge in [-0.25, -0.2) is 4.79 Å². The third-order valence-corrected chi connectivity index (χ3v) is 2.29. The van der Waals surface area contributed by atoms with Crippen molar-refractivity contribution in [3.63, 3.8) is 0 Å². The van der Waals surface area contributed by atoms with Gasteiger partial charge in [0.15, 0.2) is 0 Å². The first kappa shape index (κ1) is 19.4. The van der Waals surface area contributed by atoms with E-state index in [0.29, 0.717) is 0 Å². The highest BCUT2D eigenvalue weighted by Crippen LogP contribution is 2.19. The molecule has 1 aromatic carbocycles. The lowest BCUT2D eigenvalue weighted by atomic mass is 10.1. The molecule has 4 nitrogen and oxygen atoms in total. The molecule has 0 N–H and O–H groups in total. The fraction of sp³-hybridized carbons (Fsp3) is 0.588. The van der Waals surface area contributed by atoms with Gasteiger partial charge in [0.1, 0.15) is 12.7 Å².